The third-order valence-corrected chi connectivity index (χ3v) is 2.36. The Morgan fingerprint density at radius 1 is 1.41 bits per heavy atom. The molecule has 0 bridgehead atoms. The fourth-order valence-electron chi connectivity index (χ4n) is 1.51. The van der Waals surface area contributed by atoms with Gasteiger partial charge in [-0.25, -0.2) is 9.18 Å². The molecule has 1 N–H and O–H groups in total. The fraction of sp³-hybridized carbons (Fsp3) is 0.273. The van der Waals surface area contributed by atoms with E-state index in [0.717, 1.165) is 12.1 Å². The van der Waals surface area contributed by atoms with Crippen molar-refractivity contribution in [2.24, 2.45) is 0 Å². The molecule has 0 amide bonds. The first-order chi connectivity index (χ1) is 8.02. The number of carboxylic acid groups (broad SMARTS) is 1. The molecular weight excluding hydrogens is 231 g/mol. The van der Waals surface area contributed by atoms with Crippen LogP contribution in [0, 0.1) is 5.82 Å². The minimum atomic E-state index is -1.99. The van der Waals surface area contributed by atoms with Crippen LogP contribution in [0.4, 0.5) is 4.39 Å². The maximum Gasteiger partial charge on any atom is 0.390 e. The maximum atomic E-state index is 12.7. The molecule has 1 fully saturated rings. The molecule has 5 nitrogen and oxygen atoms in total. The van der Waals surface area contributed by atoms with Crippen molar-refractivity contribution in [3.63, 3.8) is 0 Å². The molecule has 2 rings (SSSR count). The van der Waals surface area contributed by atoms with Crippen molar-refractivity contribution in [3.05, 3.63) is 30.1 Å². The van der Waals surface area contributed by atoms with Gasteiger partial charge in [0.1, 0.15) is 11.6 Å². The second-order valence-electron chi connectivity index (χ2n) is 3.59. The van der Waals surface area contributed by atoms with E-state index in [1.807, 2.05) is 0 Å². The van der Waals surface area contributed by atoms with Crippen LogP contribution < -0.4 is 4.74 Å². The molecule has 1 aliphatic heterocycles. The van der Waals surface area contributed by atoms with Crippen molar-refractivity contribution < 1.29 is 28.6 Å². The van der Waals surface area contributed by atoms with Gasteiger partial charge in [0, 0.05) is 6.42 Å². The van der Waals surface area contributed by atoms with E-state index >= 15 is 0 Å². The normalized spacial score (nSPS) is 23.2. The molecule has 0 aromatic heterocycles. The predicted molar refractivity (Wildman–Crippen MR) is 52.7 cm³/mol. The van der Waals surface area contributed by atoms with Gasteiger partial charge in [0.2, 0.25) is 0 Å². The van der Waals surface area contributed by atoms with Crippen LogP contribution in [0.15, 0.2) is 24.3 Å². The Bertz CT molecular complexity index is 455. The van der Waals surface area contributed by atoms with Crippen molar-refractivity contribution >= 4 is 11.9 Å². The van der Waals surface area contributed by atoms with Crippen molar-refractivity contribution in [2.75, 3.05) is 0 Å². The molecule has 17 heavy (non-hydrogen) atoms. The number of carbonyl (C=O) groups excluding carboxylic acids is 1. The van der Waals surface area contributed by atoms with Crippen LogP contribution in [-0.4, -0.2) is 22.8 Å². The minimum absolute atomic E-state index is 0.0203. The highest BCUT2D eigenvalue weighted by Gasteiger charge is 2.50. The van der Waals surface area contributed by atoms with Gasteiger partial charge in [0.05, 0.1) is 6.42 Å². The Labute approximate surface area is 95.8 Å². The number of carbonyl (C=O) groups is 2. The largest absolute Gasteiger partial charge is 0.475 e. The van der Waals surface area contributed by atoms with Crippen molar-refractivity contribution in [1.82, 2.24) is 0 Å². The summed E-state index contributed by atoms with van der Waals surface area (Å²) in [5.41, 5.74) is 0. The quantitative estimate of drug-likeness (QED) is 0.806. The molecule has 1 aliphatic rings. The summed E-state index contributed by atoms with van der Waals surface area (Å²) in [6, 6.07) is 4.79. The van der Waals surface area contributed by atoms with Crippen LogP contribution in [0.5, 0.6) is 5.75 Å². The summed E-state index contributed by atoms with van der Waals surface area (Å²) in [6.45, 7) is 0. The second-order valence-corrected chi connectivity index (χ2v) is 3.59. The number of hydrogen-bond acceptors (Lipinski definition) is 4. The van der Waals surface area contributed by atoms with Crippen LogP contribution in [0.2, 0.25) is 0 Å². The van der Waals surface area contributed by atoms with E-state index in [0.29, 0.717) is 0 Å². The van der Waals surface area contributed by atoms with Gasteiger partial charge < -0.3 is 14.6 Å². The summed E-state index contributed by atoms with van der Waals surface area (Å²) in [4.78, 5) is 22.0. The first-order valence-corrected chi connectivity index (χ1v) is 4.92. The van der Waals surface area contributed by atoms with Gasteiger partial charge in [-0.1, -0.05) is 0 Å². The lowest BCUT2D eigenvalue weighted by molar-refractivity contribution is -0.201. The summed E-state index contributed by atoms with van der Waals surface area (Å²) in [5, 5.41) is 9.02. The topological polar surface area (TPSA) is 72.8 Å². The molecule has 1 saturated heterocycles. The number of benzene rings is 1. The number of hydrogen-bond donors (Lipinski definition) is 1. The van der Waals surface area contributed by atoms with E-state index in [4.69, 9.17) is 14.6 Å². The van der Waals surface area contributed by atoms with Crippen LogP contribution in [0.3, 0.4) is 0 Å². The lowest BCUT2D eigenvalue weighted by atomic mass is 10.2. The zero-order valence-corrected chi connectivity index (χ0v) is 8.68. The Morgan fingerprint density at radius 3 is 2.53 bits per heavy atom. The number of rotatable bonds is 3. The molecule has 1 atom stereocenters. The molecule has 0 spiro atoms. The molecule has 0 radical (unpaired) electrons. The Balaban J connectivity index is 2.22. The lowest BCUT2D eigenvalue weighted by Gasteiger charge is -2.23. The third-order valence-electron chi connectivity index (χ3n) is 2.36. The number of esters is 1. The molecule has 0 saturated carbocycles. The van der Waals surface area contributed by atoms with Gasteiger partial charge in [-0.15, -0.1) is 0 Å². The lowest BCUT2D eigenvalue weighted by Crippen LogP contribution is -2.44. The van der Waals surface area contributed by atoms with E-state index < -0.39 is 23.5 Å². The highest BCUT2D eigenvalue weighted by molar-refractivity contribution is 5.84. The zero-order chi connectivity index (χ0) is 12.5. The first-order valence-electron chi connectivity index (χ1n) is 4.92. The standard InChI is InChI=1S/C11H9FO5/c12-7-1-3-8(4-2-7)16-11(10(14)15)6-5-9(13)17-11/h1-4H,5-6H2,(H,14,15)/t11-/m1/s1. The van der Waals surface area contributed by atoms with E-state index in [1.165, 1.54) is 12.1 Å². The Morgan fingerprint density at radius 2 is 2.06 bits per heavy atom. The second kappa shape index (κ2) is 4.04. The highest BCUT2D eigenvalue weighted by atomic mass is 19.1. The van der Waals surface area contributed by atoms with Gasteiger partial charge in [0.15, 0.2) is 0 Å². The molecular formula is C11H9FO5. The van der Waals surface area contributed by atoms with Gasteiger partial charge >= 0.3 is 17.7 Å². The average Bonchev–Trinajstić information content (AvgIpc) is 2.65. The van der Waals surface area contributed by atoms with Crippen molar-refractivity contribution in [1.29, 1.82) is 0 Å². The summed E-state index contributed by atoms with van der Waals surface area (Å²) in [6.07, 6.45) is -0.0912. The van der Waals surface area contributed by atoms with E-state index in [2.05, 4.69) is 0 Å². The van der Waals surface area contributed by atoms with Crippen LogP contribution in [0.25, 0.3) is 0 Å². The van der Waals surface area contributed by atoms with Crippen LogP contribution in [0.1, 0.15) is 12.8 Å². The van der Waals surface area contributed by atoms with E-state index in [1.54, 1.807) is 0 Å². The fourth-order valence-corrected chi connectivity index (χ4v) is 1.51. The maximum absolute atomic E-state index is 12.7. The summed E-state index contributed by atoms with van der Waals surface area (Å²) >= 11 is 0. The summed E-state index contributed by atoms with van der Waals surface area (Å²) in [7, 11) is 0. The zero-order valence-electron chi connectivity index (χ0n) is 8.68. The van der Waals surface area contributed by atoms with Gasteiger partial charge in [-0.05, 0) is 24.3 Å². The monoisotopic (exact) mass is 240 g/mol. The van der Waals surface area contributed by atoms with E-state index in [-0.39, 0.29) is 18.6 Å². The smallest absolute Gasteiger partial charge is 0.390 e. The average molecular weight is 240 g/mol. The van der Waals surface area contributed by atoms with Crippen LogP contribution in [-0.2, 0) is 14.3 Å². The molecule has 6 heteroatoms. The van der Waals surface area contributed by atoms with Gasteiger partial charge in [-0.3, -0.25) is 4.79 Å². The predicted octanol–water partition coefficient (Wildman–Crippen LogP) is 1.32. The third kappa shape index (κ3) is 2.20. The number of cyclic esters (lactones) is 1. The number of ether oxygens (including phenoxy) is 2. The molecule has 1 aromatic rings. The summed E-state index contributed by atoms with van der Waals surface area (Å²) < 4.78 is 22.5. The number of halogens is 1. The van der Waals surface area contributed by atoms with Gasteiger partial charge in [-0.2, -0.15) is 0 Å². The highest BCUT2D eigenvalue weighted by Crippen LogP contribution is 2.30. The minimum Gasteiger partial charge on any atom is -0.475 e. The molecule has 90 valence electrons. The Kier molecular flexibility index (Phi) is 2.71. The molecule has 0 unspecified atom stereocenters. The van der Waals surface area contributed by atoms with Crippen LogP contribution >= 0.6 is 0 Å². The number of aliphatic carboxylic acids is 1. The number of carboxylic acids is 1. The molecule has 0 aliphatic carbocycles. The molecule has 1 aromatic carbocycles. The summed E-state index contributed by atoms with van der Waals surface area (Å²) in [5.74, 6) is -4.34. The first kappa shape index (κ1) is 11.4. The molecule has 1 heterocycles. The van der Waals surface area contributed by atoms with E-state index in [9.17, 15) is 14.0 Å². The van der Waals surface area contributed by atoms with Crippen molar-refractivity contribution in [2.45, 2.75) is 18.6 Å². The van der Waals surface area contributed by atoms with Gasteiger partial charge in [0.25, 0.3) is 0 Å². The SMILES string of the molecule is O=C1CC[C@](Oc2ccc(F)cc2)(C(=O)O)O1. The Hall–Kier alpha value is -2.11. The van der Waals surface area contributed by atoms with Crippen molar-refractivity contribution in [3.8, 4) is 5.75 Å².